The highest BCUT2D eigenvalue weighted by atomic mass is 79.9. The summed E-state index contributed by atoms with van der Waals surface area (Å²) >= 11 is 3.60. The van der Waals surface area contributed by atoms with Crippen LogP contribution in [0.5, 0.6) is 0 Å². The van der Waals surface area contributed by atoms with Crippen molar-refractivity contribution in [3.63, 3.8) is 0 Å². The van der Waals surface area contributed by atoms with E-state index in [1.807, 2.05) is 0 Å². The largest absolute Gasteiger partial charge is 0.320 e. The van der Waals surface area contributed by atoms with Gasteiger partial charge in [-0.3, -0.25) is 0 Å². The summed E-state index contributed by atoms with van der Waals surface area (Å²) in [6.07, 6.45) is 3.95. The number of halogens is 1. The SMILES string of the molecule is CC1(C)CC(CC[N+](C)(C)CBr)CC(C)(C)N1. The Bertz CT molecular complexity index is 243. The van der Waals surface area contributed by atoms with E-state index in [0.717, 1.165) is 15.9 Å². The molecule has 0 saturated carbocycles. The Labute approximate surface area is 116 Å². The molecular formula is C14H30BrN2+. The van der Waals surface area contributed by atoms with Crippen LogP contribution in [0.25, 0.3) is 0 Å². The lowest BCUT2D eigenvalue weighted by Crippen LogP contribution is -2.58. The van der Waals surface area contributed by atoms with Crippen LogP contribution in [0.15, 0.2) is 0 Å². The molecule has 0 spiro atoms. The number of alkyl halides is 1. The van der Waals surface area contributed by atoms with Gasteiger partial charge in [0.1, 0.15) is 5.45 Å². The fraction of sp³-hybridized carbons (Fsp3) is 1.00. The highest BCUT2D eigenvalue weighted by molar-refractivity contribution is 9.09. The minimum atomic E-state index is 0.290. The third-order valence-corrected chi connectivity index (χ3v) is 5.10. The fourth-order valence-corrected chi connectivity index (χ4v) is 3.58. The van der Waals surface area contributed by atoms with E-state index in [1.54, 1.807) is 0 Å². The van der Waals surface area contributed by atoms with Gasteiger partial charge in [0.25, 0.3) is 0 Å². The lowest BCUT2D eigenvalue weighted by atomic mass is 9.74. The number of hydrogen-bond donors (Lipinski definition) is 1. The van der Waals surface area contributed by atoms with Crippen molar-refractivity contribution in [2.24, 2.45) is 5.92 Å². The van der Waals surface area contributed by atoms with Crippen LogP contribution in [0.2, 0.25) is 0 Å². The maximum absolute atomic E-state index is 3.76. The van der Waals surface area contributed by atoms with E-state index in [2.05, 4.69) is 63.0 Å². The van der Waals surface area contributed by atoms with Crippen LogP contribution in [-0.2, 0) is 0 Å². The summed E-state index contributed by atoms with van der Waals surface area (Å²) in [4.78, 5) is 0. The summed E-state index contributed by atoms with van der Waals surface area (Å²) < 4.78 is 1.07. The smallest absolute Gasteiger partial charge is 0.133 e. The van der Waals surface area contributed by atoms with Crippen LogP contribution in [-0.4, -0.2) is 41.7 Å². The molecule has 0 aliphatic carbocycles. The van der Waals surface area contributed by atoms with Crippen molar-refractivity contribution in [1.82, 2.24) is 5.32 Å². The maximum atomic E-state index is 3.76. The first-order valence-electron chi connectivity index (χ1n) is 6.73. The molecule has 0 atom stereocenters. The zero-order valence-electron chi connectivity index (χ0n) is 12.4. The monoisotopic (exact) mass is 305 g/mol. The second-order valence-corrected chi connectivity index (χ2v) is 8.24. The Hall–Kier alpha value is 0.400. The number of nitrogens with one attached hydrogen (secondary N) is 1. The Morgan fingerprint density at radius 2 is 1.59 bits per heavy atom. The van der Waals surface area contributed by atoms with Gasteiger partial charge in [-0.05, 0) is 68.8 Å². The van der Waals surface area contributed by atoms with Gasteiger partial charge in [-0.2, -0.15) is 0 Å². The zero-order chi connectivity index (χ0) is 13.3. The quantitative estimate of drug-likeness (QED) is 0.477. The topological polar surface area (TPSA) is 12.0 Å². The third kappa shape index (κ3) is 5.27. The van der Waals surface area contributed by atoms with Crippen LogP contribution in [0.4, 0.5) is 0 Å². The molecule has 0 unspecified atom stereocenters. The van der Waals surface area contributed by atoms with Crippen LogP contribution >= 0.6 is 15.9 Å². The van der Waals surface area contributed by atoms with Crippen LogP contribution in [0, 0.1) is 5.92 Å². The molecule has 3 heteroatoms. The van der Waals surface area contributed by atoms with Crippen molar-refractivity contribution in [3.8, 4) is 0 Å². The predicted molar refractivity (Wildman–Crippen MR) is 79.4 cm³/mol. The standard InChI is InChI=1S/C14H30BrN2/c1-13(2)9-12(10-14(3,4)16-13)7-8-17(5,6)11-15/h12,16H,7-11H2,1-6H3/q+1. The number of nitrogens with zero attached hydrogens (tertiary/aromatic N) is 1. The van der Waals surface area contributed by atoms with E-state index in [-0.39, 0.29) is 11.1 Å². The van der Waals surface area contributed by atoms with Gasteiger partial charge < -0.3 is 9.80 Å². The molecule has 1 N–H and O–H groups in total. The maximum Gasteiger partial charge on any atom is 0.133 e. The lowest BCUT2D eigenvalue weighted by Gasteiger charge is -2.47. The van der Waals surface area contributed by atoms with Crippen molar-refractivity contribution in [1.29, 1.82) is 0 Å². The molecule has 2 nitrogen and oxygen atoms in total. The summed E-state index contributed by atoms with van der Waals surface area (Å²) in [6.45, 7) is 10.6. The normalized spacial score (nSPS) is 24.9. The van der Waals surface area contributed by atoms with Gasteiger partial charge in [-0.15, -0.1) is 0 Å². The Morgan fingerprint density at radius 3 is 2.00 bits per heavy atom. The van der Waals surface area contributed by atoms with Crippen molar-refractivity contribution in [2.75, 3.05) is 26.1 Å². The van der Waals surface area contributed by atoms with Crippen molar-refractivity contribution in [3.05, 3.63) is 0 Å². The molecule has 102 valence electrons. The summed E-state index contributed by atoms with van der Waals surface area (Å²) in [5, 5.41) is 3.76. The molecule has 1 saturated heterocycles. The van der Waals surface area contributed by atoms with Crippen LogP contribution in [0.1, 0.15) is 47.0 Å². The molecule has 1 aliphatic rings. The molecule has 0 aromatic heterocycles. The average Bonchev–Trinajstić information content (AvgIpc) is 2.10. The summed E-state index contributed by atoms with van der Waals surface area (Å²) in [5.41, 5.74) is 1.63. The van der Waals surface area contributed by atoms with E-state index < -0.39 is 0 Å². The highest BCUT2D eigenvalue weighted by Gasteiger charge is 2.37. The molecule has 1 aliphatic heterocycles. The molecule has 0 amide bonds. The van der Waals surface area contributed by atoms with E-state index >= 15 is 0 Å². The molecule has 1 heterocycles. The number of quaternary nitrogens is 1. The van der Waals surface area contributed by atoms with Crippen LogP contribution in [0.3, 0.4) is 0 Å². The van der Waals surface area contributed by atoms with Gasteiger partial charge in [0, 0.05) is 11.1 Å². The minimum Gasteiger partial charge on any atom is -0.320 e. The predicted octanol–water partition coefficient (Wildman–Crippen LogP) is 3.36. The molecule has 0 radical (unpaired) electrons. The van der Waals surface area contributed by atoms with Crippen LogP contribution < -0.4 is 5.32 Å². The summed E-state index contributed by atoms with van der Waals surface area (Å²) in [6, 6.07) is 0. The van der Waals surface area contributed by atoms with Crippen molar-refractivity contribution in [2.45, 2.75) is 58.0 Å². The molecule has 1 fully saturated rings. The number of piperidine rings is 1. The van der Waals surface area contributed by atoms with E-state index in [0.29, 0.717) is 0 Å². The second-order valence-electron chi connectivity index (χ2n) is 7.73. The van der Waals surface area contributed by atoms with E-state index in [4.69, 9.17) is 0 Å². The van der Waals surface area contributed by atoms with Gasteiger partial charge in [-0.1, -0.05) is 0 Å². The Morgan fingerprint density at radius 1 is 1.12 bits per heavy atom. The lowest BCUT2D eigenvalue weighted by molar-refractivity contribution is -0.876. The summed E-state index contributed by atoms with van der Waals surface area (Å²) in [5.74, 6) is 0.859. The van der Waals surface area contributed by atoms with Gasteiger partial charge in [0.05, 0.1) is 20.6 Å². The van der Waals surface area contributed by atoms with E-state index in [1.165, 1.54) is 25.8 Å². The van der Waals surface area contributed by atoms with Crippen molar-refractivity contribution >= 4 is 15.9 Å². The third-order valence-electron chi connectivity index (χ3n) is 3.74. The molecule has 17 heavy (non-hydrogen) atoms. The van der Waals surface area contributed by atoms with Crippen molar-refractivity contribution < 1.29 is 4.48 Å². The van der Waals surface area contributed by atoms with Gasteiger partial charge in [-0.25, -0.2) is 0 Å². The highest BCUT2D eigenvalue weighted by Crippen LogP contribution is 2.34. The Kier molecular flexibility index (Phi) is 4.71. The number of hydrogen-bond acceptors (Lipinski definition) is 1. The first kappa shape index (κ1) is 15.5. The average molecular weight is 306 g/mol. The molecular weight excluding hydrogens is 276 g/mol. The molecule has 1 rings (SSSR count). The van der Waals surface area contributed by atoms with E-state index in [9.17, 15) is 0 Å². The van der Waals surface area contributed by atoms with Gasteiger partial charge in [0.15, 0.2) is 0 Å². The second kappa shape index (κ2) is 5.18. The zero-order valence-corrected chi connectivity index (χ0v) is 14.0. The molecule has 0 aromatic carbocycles. The first-order valence-corrected chi connectivity index (χ1v) is 7.85. The summed E-state index contributed by atoms with van der Waals surface area (Å²) in [7, 11) is 4.60. The first-order chi connectivity index (χ1) is 7.55. The van der Waals surface area contributed by atoms with Gasteiger partial charge >= 0.3 is 0 Å². The Balaban J connectivity index is 2.54. The minimum absolute atomic E-state index is 0.290. The molecule has 0 bridgehead atoms. The number of rotatable bonds is 4. The molecule has 0 aromatic rings. The fourth-order valence-electron chi connectivity index (χ4n) is 3.33. The van der Waals surface area contributed by atoms with Gasteiger partial charge in [0.2, 0.25) is 0 Å².